The average molecular weight is 231 g/mol. The molecule has 13 heavy (non-hydrogen) atoms. The van der Waals surface area contributed by atoms with E-state index in [0.717, 1.165) is 5.75 Å². The molecule has 1 atom stereocenters. The molecule has 0 amide bonds. The number of nitrogens with two attached hydrogens (primary N) is 1. The Morgan fingerprint density at radius 2 is 2.15 bits per heavy atom. The molecular weight excluding hydrogens is 216 g/mol. The molecule has 0 aliphatic carbocycles. The predicted octanol–water partition coefficient (Wildman–Crippen LogP) is 1.30. The van der Waals surface area contributed by atoms with Crippen LogP contribution in [0.3, 0.4) is 0 Å². The average Bonchev–Trinajstić information content (AvgIpc) is 2.03. The van der Waals surface area contributed by atoms with Gasteiger partial charge < -0.3 is 10.8 Å². The third kappa shape index (κ3) is 9.92. The molecule has 0 saturated heterocycles. The molecule has 3 nitrogen and oxygen atoms in total. The molecule has 0 radical (unpaired) electrons. The van der Waals surface area contributed by atoms with Gasteiger partial charge in [0.25, 0.3) is 0 Å². The molecule has 0 aromatic rings. The topological polar surface area (TPSA) is 63.3 Å². The van der Waals surface area contributed by atoms with E-state index >= 15 is 0 Å². The Labute approximate surface area is 87.7 Å². The van der Waals surface area contributed by atoms with Gasteiger partial charge in [0.2, 0.25) is 0 Å². The summed E-state index contributed by atoms with van der Waals surface area (Å²) in [6.45, 7) is -0.308. The summed E-state index contributed by atoms with van der Waals surface area (Å²) in [5, 5.41) is 8.39. The van der Waals surface area contributed by atoms with Crippen molar-refractivity contribution in [3.8, 4) is 0 Å². The van der Waals surface area contributed by atoms with Crippen molar-refractivity contribution < 1.29 is 14.3 Å². The molecule has 80 valence electrons. The molecule has 0 rings (SSSR count). The second-order valence-electron chi connectivity index (χ2n) is 2.39. The van der Waals surface area contributed by atoms with Gasteiger partial charge in [0.1, 0.15) is 6.04 Å². The minimum atomic E-state index is -0.971. The quantitative estimate of drug-likeness (QED) is 0.648. The Morgan fingerprint density at radius 1 is 1.54 bits per heavy atom. The maximum absolute atomic E-state index is 11.6. The molecule has 0 aliphatic rings. The van der Waals surface area contributed by atoms with Crippen molar-refractivity contribution in [3.63, 3.8) is 0 Å². The molecule has 0 aromatic carbocycles. The molecule has 0 bridgehead atoms. The largest absolute Gasteiger partial charge is 0.480 e. The lowest BCUT2D eigenvalue weighted by Crippen LogP contribution is -2.30. The zero-order chi connectivity index (χ0) is 9.40. The van der Waals surface area contributed by atoms with Crippen LogP contribution < -0.4 is 5.73 Å². The van der Waals surface area contributed by atoms with Crippen LogP contribution in [0.2, 0.25) is 0 Å². The number of alkyl halides is 1. The van der Waals surface area contributed by atoms with Gasteiger partial charge in [-0.2, -0.15) is 11.8 Å². The fourth-order valence-electron chi connectivity index (χ4n) is 0.592. The van der Waals surface area contributed by atoms with Gasteiger partial charge in [-0.25, -0.2) is 0 Å². The molecule has 0 aromatic heterocycles. The van der Waals surface area contributed by atoms with Crippen LogP contribution in [0.1, 0.15) is 12.8 Å². The van der Waals surface area contributed by atoms with Crippen LogP contribution in [0.15, 0.2) is 0 Å². The van der Waals surface area contributed by atoms with Crippen LogP contribution in [0, 0.1) is 0 Å². The van der Waals surface area contributed by atoms with Gasteiger partial charge in [0, 0.05) is 0 Å². The Balaban J connectivity index is 0. The molecule has 3 N–H and O–H groups in total. The number of carbonyl (C=O) groups is 1. The number of carboxylic acids is 1. The lowest BCUT2D eigenvalue weighted by atomic mass is 10.2. The summed E-state index contributed by atoms with van der Waals surface area (Å²) >= 11 is 1.54. The number of aliphatic carboxylic acids is 1. The number of hydrogen-bond donors (Lipinski definition) is 2. The lowest BCUT2D eigenvalue weighted by molar-refractivity contribution is -0.138. The first kappa shape index (κ1) is 15.5. The van der Waals surface area contributed by atoms with Gasteiger partial charge in [-0.1, -0.05) is 0 Å². The Bertz CT molecular complexity index is 140. The fraction of sp³-hybridized carbons (Fsp3) is 0.857. The highest BCUT2D eigenvalue weighted by Crippen LogP contribution is 2.05. The zero-order valence-electron chi connectivity index (χ0n) is 7.24. The normalized spacial score (nSPS) is 11.8. The third-order valence-corrected chi connectivity index (χ3v) is 2.41. The van der Waals surface area contributed by atoms with Crippen LogP contribution in [-0.4, -0.2) is 35.3 Å². The number of carboxylic acid groups (broad SMARTS) is 1. The SMILES string of the molecule is Cl.N[C@@H](CCSCCC[18F])C(=O)O. The maximum Gasteiger partial charge on any atom is 0.320 e. The number of rotatable bonds is 7. The lowest BCUT2D eigenvalue weighted by Gasteiger charge is -2.04. The van der Waals surface area contributed by atoms with Crippen molar-refractivity contribution in [2.45, 2.75) is 18.9 Å². The second-order valence-corrected chi connectivity index (χ2v) is 3.61. The van der Waals surface area contributed by atoms with E-state index in [-0.39, 0.29) is 19.1 Å². The number of halogens is 2. The highest BCUT2D eigenvalue weighted by atomic mass is 35.5. The highest BCUT2D eigenvalue weighted by Gasteiger charge is 2.09. The van der Waals surface area contributed by atoms with Gasteiger partial charge in [-0.05, 0) is 24.3 Å². The van der Waals surface area contributed by atoms with E-state index in [1.807, 2.05) is 0 Å². The number of hydrogen-bond acceptors (Lipinski definition) is 3. The predicted molar refractivity (Wildman–Crippen MR) is 55.4 cm³/mol. The van der Waals surface area contributed by atoms with Gasteiger partial charge in [0.05, 0.1) is 6.67 Å². The van der Waals surface area contributed by atoms with Crippen molar-refractivity contribution >= 4 is 30.1 Å². The first-order valence-electron chi connectivity index (χ1n) is 3.80. The van der Waals surface area contributed by atoms with Crippen molar-refractivity contribution in [1.82, 2.24) is 0 Å². The van der Waals surface area contributed by atoms with Crippen molar-refractivity contribution in [2.24, 2.45) is 5.73 Å². The molecule has 0 saturated carbocycles. The molecule has 6 heteroatoms. The minimum absolute atomic E-state index is 0. The maximum atomic E-state index is 11.6. The third-order valence-electron chi connectivity index (χ3n) is 1.31. The summed E-state index contributed by atoms with van der Waals surface area (Å²) in [5.41, 5.74) is 5.24. The molecule has 0 spiro atoms. The minimum Gasteiger partial charge on any atom is -0.480 e. The Morgan fingerprint density at radius 3 is 2.62 bits per heavy atom. The van der Waals surface area contributed by atoms with Crippen LogP contribution in [0.25, 0.3) is 0 Å². The molecule has 0 unspecified atom stereocenters. The van der Waals surface area contributed by atoms with E-state index < -0.39 is 12.0 Å². The van der Waals surface area contributed by atoms with Crippen LogP contribution in [0.4, 0.5) is 4.39 Å². The van der Waals surface area contributed by atoms with Gasteiger partial charge in [-0.3, -0.25) is 9.18 Å². The smallest absolute Gasteiger partial charge is 0.320 e. The van der Waals surface area contributed by atoms with E-state index in [1.165, 1.54) is 0 Å². The van der Waals surface area contributed by atoms with Gasteiger partial charge >= 0.3 is 5.97 Å². The first-order chi connectivity index (χ1) is 5.68. The summed E-state index contributed by atoms with van der Waals surface area (Å²) in [6, 6.07) is -0.775. The highest BCUT2D eigenvalue weighted by molar-refractivity contribution is 7.99. The van der Waals surface area contributed by atoms with E-state index in [4.69, 9.17) is 10.8 Å². The van der Waals surface area contributed by atoms with Crippen LogP contribution in [-0.2, 0) is 4.79 Å². The van der Waals surface area contributed by atoms with Crippen molar-refractivity contribution in [3.05, 3.63) is 0 Å². The summed E-state index contributed by atoms with van der Waals surface area (Å²) in [6.07, 6.45) is 0.985. The van der Waals surface area contributed by atoms with Gasteiger partial charge in [-0.15, -0.1) is 12.4 Å². The summed E-state index contributed by atoms with van der Waals surface area (Å²) in [4.78, 5) is 10.2. The Kier molecular flexibility index (Phi) is 12.0. The molecule has 0 heterocycles. The zero-order valence-corrected chi connectivity index (χ0v) is 8.87. The van der Waals surface area contributed by atoms with E-state index in [0.29, 0.717) is 18.6 Å². The summed E-state index contributed by atoms with van der Waals surface area (Å²) in [5.74, 6) is 0.456. The van der Waals surface area contributed by atoms with Gasteiger partial charge in [0.15, 0.2) is 0 Å². The molecule has 0 aliphatic heterocycles. The van der Waals surface area contributed by atoms with Crippen LogP contribution in [0.5, 0.6) is 0 Å². The van der Waals surface area contributed by atoms with Crippen molar-refractivity contribution in [2.75, 3.05) is 18.2 Å². The Hall–Kier alpha value is 0. The second kappa shape index (κ2) is 10.1. The van der Waals surface area contributed by atoms with E-state index in [9.17, 15) is 9.18 Å². The van der Waals surface area contributed by atoms with E-state index in [1.54, 1.807) is 11.8 Å². The summed E-state index contributed by atoms with van der Waals surface area (Å²) in [7, 11) is 0. The fourth-order valence-corrected chi connectivity index (χ4v) is 1.53. The summed E-state index contributed by atoms with van der Waals surface area (Å²) < 4.78 is 11.6. The molecular formula is C7H15ClFNO2S. The van der Waals surface area contributed by atoms with E-state index in [2.05, 4.69) is 0 Å². The first-order valence-corrected chi connectivity index (χ1v) is 4.96. The molecule has 0 fully saturated rings. The monoisotopic (exact) mass is 230 g/mol. The van der Waals surface area contributed by atoms with Crippen LogP contribution >= 0.6 is 24.2 Å². The van der Waals surface area contributed by atoms with Crippen molar-refractivity contribution in [1.29, 1.82) is 0 Å². The number of thioether (sulfide) groups is 1. The standard InChI is InChI=1S/C7H14FNO2S.ClH/c8-3-1-4-12-5-2-6(9)7(10)11;/h6H,1-5,9H2,(H,10,11);1H/t6-;/m0./s1/i8-1;.